The molecule has 296 valence electrons. The number of hydrogen-bond acceptors (Lipinski definition) is 9. The normalized spacial score (nSPS) is 19.6. The zero-order valence-corrected chi connectivity index (χ0v) is 31.0. The van der Waals surface area contributed by atoms with Crippen LogP contribution in [0.3, 0.4) is 0 Å². The number of amides is 4. The summed E-state index contributed by atoms with van der Waals surface area (Å²) in [6, 6.07) is 31.8. The van der Waals surface area contributed by atoms with E-state index >= 15 is 0 Å². The number of hydrogen-bond donors (Lipinski definition) is 2. The standard InChI is InChI=1S/C20H20N2O5.C19H16N2O4.CH4NP.CH4.H2.H/c1-27-19(25)17-16(18(23)24)21(12-14-8-4-2-5-9-14)20(26)22(17)13-15-10-6-3-7-11-15;22-17-15-16(18(23)25-17)21(12-14-9-5-2-6-10-14)19(24)20(15)11-13-7-3-1-4-8-13;1-3-2;;;/h2-11,16-17H,12-13H2,1H3,(H,23,24);1-10,15-16H,11-12H2;2H,1H3;1H4;1H;/q;;;;;-1/t16?,17-;15-,16?;;;;/m00..../s1/i;;;;2*1+1. The molecule has 0 bridgehead atoms. The molecule has 7 rings (SSSR count). The molecule has 2 N–H and O–H groups in total. The summed E-state index contributed by atoms with van der Waals surface area (Å²) in [4.78, 5) is 79.9. The number of carboxylic acid groups (broad SMARTS) is 1. The minimum absolute atomic E-state index is 0. The fourth-order valence-electron chi connectivity index (χ4n) is 6.65. The van der Waals surface area contributed by atoms with Crippen LogP contribution in [-0.4, -0.2) is 98.6 Å². The Morgan fingerprint density at radius 3 is 1.23 bits per heavy atom. The molecular formula is C41H47N5O9P-. The van der Waals surface area contributed by atoms with Crippen molar-refractivity contribution in [1.29, 1.82) is 5.16 Å². The van der Waals surface area contributed by atoms with Crippen molar-refractivity contribution in [3.05, 3.63) is 144 Å². The molecule has 0 spiro atoms. The van der Waals surface area contributed by atoms with Gasteiger partial charge in [0.25, 0.3) is 0 Å². The molecule has 14 nitrogen and oxygen atoms in total. The molecule has 0 aromatic heterocycles. The van der Waals surface area contributed by atoms with Gasteiger partial charge in [-0.3, -0.25) is 5.16 Å². The van der Waals surface area contributed by atoms with Crippen molar-refractivity contribution >= 4 is 44.3 Å². The van der Waals surface area contributed by atoms with Crippen molar-refractivity contribution in [1.82, 2.24) is 19.6 Å². The molecule has 56 heavy (non-hydrogen) atoms. The van der Waals surface area contributed by atoms with E-state index < -0.39 is 54.1 Å². The lowest BCUT2D eigenvalue weighted by molar-refractivity contribution is -0.154. The van der Waals surface area contributed by atoms with Crippen LogP contribution >= 0.6 is 8.37 Å². The number of ether oxygens (including phenoxy) is 2. The lowest BCUT2D eigenvalue weighted by Crippen LogP contribution is -2.48. The van der Waals surface area contributed by atoms with Gasteiger partial charge in [-0.15, -0.1) is 0 Å². The Hall–Kier alpha value is -6.40. The van der Waals surface area contributed by atoms with E-state index in [0.29, 0.717) is 8.37 Å². The molecule has 2 unspecified atom stereocenters. The number of cyclic esters (lactones) is 2. The van der Waals surface area contributed by atoms with Crippen molar-refractivity contribution < 1.29 is 46.2 Å². The molecule has 3 saturated heterocycles. The lowest BCUT2D eigenvalue weighted by Gasteiger charge is -2.23. The molecule has 4 aromatic rings. The zero-order valence-electron chi connectivity index (χ0n) is 31.1. The predicted octanol–water partition coefficient (Wildman–Crippen LogP) is 6.38. The number of methoxy groups -OCH3 is 1. The van der Waals surface area contributed by atoms with E-state index in [1.807, 2.05) is 109 Å². The van der Waals surface area contributed by atoms with E-state index in [1.165, 1.54) is 26.7 Å². The quantitative estimate of drug-likeness (QED) is 0.105. The van der Waals surface area contributed by atoms with Crippen LogP contribution in [0.2, 0.25) is 0 Å². The second kappa shape index (κ2) is 19.8. The highest BCUT2D eigenvalue weighted by atomic mass is 31.1. The van der Waals surface area contributed by atoms with E-state index in [2.05, 4.69) is 0 Å². The second-order valence-electron chi connectivity index (χ2n) is 12.6. The molecule has 4 atom stereocenters. The van der Waals surface area contributed by atoms with Gasteiger partial charge in [0, 0.05) is 27.6 Å². The Bertz CT molecular complexity index is 1930. The first-order valence-electron chi connectivity index (χ1n) is 17.2. The molecule has 3 fully saturated rings. The van der Waals surface area contributed by atoms with E-state index in [0.717, 1.165) is 22.3 Å². The second-order valence-corrected chi connectivity index (χ2v) is 13.1. The van der Waals surface area contributed by atoms with Crippen molar-refractivity contribution in [3.63, 3.8) is 0 Å². The number of rotatable bonds is 10. The van der Waals surface area contributed by atoms with Crippen molar-refractivity contribution in [2.45, 2.75) is 57.8 Å². The first kappa shape index (κ1) is 42.3. The topological polar surface area (TPSA) is 178 Å². The number of carboxylic acids is 1. The van der Waals surface area contributed by atoms with E-state index in [1.54, 1.807) is 18.8 Å². The van der Waals surface area contributed by atoms with Crippen LogP contribution in [0.5, 0.6) is 0 Å². The summed E-state index contributed by atoms with van der Waals surface area (Å²) in [7, 11) is 1.85. The summed E-state index contributed by atoms with van der Waals surface area (Å²) in [5.74, 6) is -3.31. The maximum Gasteiger partial charge on any atom is 0.339 e. The first-order valence-corrected chi connectivity index (χ1v) is 18.6. The first-order chi connectivity index (χ1) is 26.6. The van der Waals surface area contributed by atoms with Crippen LogP contribution in [0.25, 0.3) is 0 Å². The molecular weight excluding hydrogens is 737 g/mol. The van der Waals surface area contributed by atoms with E-state index in [-0.39, 0.29) is 42.5 Å². The van der Waals surface area contributed by atoms with Crippen LogP contribution in [0.4, 0.5) is 9.59 Å². The summed E-state index contributed by atoms with van der Waals surface area (Å²) >= 11 is 0. The molecule has 4 aromatic carbocycles. The Labute approximate surface area is 329 Å². The van der Waals surface area contributed by atoms with Gasteiger partial charge in [0.05, 0.1) is 7.11 Å². The molecule has 3 heterocycles. The highest BCUT2D eigenvalue weighted by Gasteiger charge is 2.59. The van der Waals surface area contributed by atoms with Crippen LogP contribution in [0.15, 0.2) is 121 Å². The summed E-state index contributed by atoms with van der Waals surface area (Å²) in [5.41, 5.74) is 3.36. The largest absolute Gasteiger partial charge is 1.00 e. The van der Waals surface area contributed by atoms with Gasteiger partial charge >= 0.3 is 35.9 Å². The Kier molecular flexibility index (Phi) is 15.0. The lowest BCUT2D eigenvalue weighted by atomic mass is 10.1. The number of nitrogens with zero attached hydrogens (tertiary/aromatic N) is 4. The predicted molar refractivity (Wildman–Crippen MR) is 210 cm³/mol. The van der Waals surface area contributed by atoms with Crippen LogP contribution in [-0.2, 0) is 54.8 Å². The number of esters is 3. The summed E-state index contributed by atoms with van der Waals surface area (Å²) < 4.78 is 9.61. The van der Waals surface area contributed by atoms with Gasteiger partial charge in [-0.1, -0.05) is 129 Å². The maximum absolute atomic E-state index is 13.0. The minimum Gasteiger partial charge on any atom is -1.00 e. The van der Waals surface area contributed by atoms with Crippen molar-refractivity contribution in [2.75, 3.05) is 13.8 Å². The van der Waals surface area contributed by atoms with E-state index in [9.17, 15) is 33.9 Å². The summed E-state index contributed by atoms with van der Waals surface area (Å²) in [6.07, 6.45) is 0. The number of urea groups is 2. The fourth-order valence-corrected chi connectivity index (χ4v) is 6.65. The number of nitrogens with one attached hydrogen (secondary N) is 1. The third-order valence-electron chi connectivity index (χ3n) is 9.09. The van der Waals surface area contributed by atoms with Gasteiger partial charge in [-0.25, -0.2) is 28.8 Å². The molecule has 3 aliphatic heterocycles. The average Bonchev–Trinajstić information content (AvgIpc) is 3.75. The van der Waals surface area contributed by atoms with Crippen LogP contribution in [0, 0.1) is 5.16 Å². The number of benzene rings is 4. The Morgan fingerprint density at radius 2 is 0.929 bits per heavy atom. The molecule has 4 amide bonds. The van der Waals surface area contributed by atoms with Gasteiger partial charge < -0.3 is 35.6 Å². The summed E-state index contributed by atoms with van der Waals surface area (Å²) in [6.45, 7) is 2.49. The van der Waals surface area contributed by atoms with E-state index in [4.69, 9.17) is 14.6 Å². The van der Waals surface area contributed by atoms with Gasteiger partial charge in [-0.05, 0) is 37.3 Å². The number of carbonyl (C=O) groups is 6. The Balaban J connectivity index is 0.000000358. The molecule has 0 saturated carbocycles. The minimum atomic E-state index is -1.33. The third-order valence-corrected chi connectivity index (χ3v) is 9.09. The highest BCUT2D eigenvalue weighted by Crippen LogP contribution is 2.33. The van der Waals surface area contributed by atoms with Crippen molar-refractivity contribution in [3.8, 4) is 0 Å². The number of aliphatic carboxylic acids is 1. The van der Waals surface area contributed by atoms with Gasteiger partial charge in [0.2, 0.25) is 0 Å². The van der Waals surface area contributed by atoms with Gasteiger partial charge in [0.1, 0.15) is 0 Å². The molecule has 0 aliphatic carbocycles. The molecule has 3 aliphatic rings. The maximum atomic E-state index is 13.0. The molecule has 15 heteroatoms. The average molecular weight is 787 g/mol. The van der Waals surface area contributed by atoms with Gasteiger partial charge in [0.15, 0.2) is 24.2 Å². The van der Waals surface area contributed by atoms with Crippen molar-refractivity contribution in [2.24, 2.45) is 0 Å². The van der Waals surface area contributed by atoms with Gasteiger partial charge in [-0.2, -0.15) is 0 Å². The SMILES string of the molecule is C.COC(=O)[C@@H]1C(C(=O)O)N(Cc2ccccc2)C(=O)N1Cc1ccccc1.CP=N.O=C1OC(=O)[C@@H]2C1N(Cc1ccccc1)C(=O)N2Cc1ccccc1.[2H-].[2HH]. The Morgan fingerprint density at radius 1 is 0.643 bits per heavy atom. The molecule has 0 radical (unpaired) electrons. The van der Waals surface area contributed by atoms with Crippen LogP contribution < -0.4 is 0 Å². The monoisotopic (exact) mass is 786 g/mol. The number of fused-ring (bicyclic) bond motifs is 1. The highest BCUT2D eigenvalue weighted by molar-refractivity contribution is 7.23. The number of carbonyl (C=O) groups excluding carboxylic acids is 5. The fraction of sp³-hybridized carbons (Fsp3) is 0.268. The zero-order chi connectivity index (χ0) is 39.5. The van der Waals surface area contributed by atoms with Crippen LogP contribution in [0.1, 0.15) is 32.5 Å². The third kappa shape index (κ3) is 9.63. The summed E-state index contributed by atoms with van der Waals surface area (Å²) in [5, 5.41) is 15.9. The smallest absolute Gasteiger partial charge is 0.339 e.